The minimum atomic E-state index is -4.36. The Hall–Kier alpha value is -4.90. The van der Waals surface area contributed by atoms with Gasteiger partial charge in [-0.3, -0.25) is 13.9 Å². The summed E-state index contributed by atoms with van der Waals surface area (Å²) in [5, 5.41) is 2.78. The number of hydrogen-bond acceptors (Lipinski definition) is 6. The first-order valence-corrected chi connectivity index (χ1v) is 15.8. The largest absolute Gasteiger partial charge is 0.497 e. The van der Waals surface area contributed by atoms with E-state index in [1.165, 1.54) is 67.7 Å². The molecule has 11 heteroatoms. The maximum Gasteiger partial charge on any atom is 0.264 e. The van der Waals surface area contributed by atoms with Gasteiger partial charge in [-0.15, -0.1) is 0 Å². The van der Waals surface area contributed by atoms with Crippen molar-refractivity contribution in [3.63, 3.8) is 0 Å². The number of nitrogens with one attached hydrogen (secondary N) is 1. The van der Waals surface area contributed by atoms with Crippen LogP contribution in [0.1, 0.15) is 18.1 Å². The first-order chi connectivity index (χ1) is 21.7. The van der Waals surface area contributed by atoms with Crippen LogP contribution in [0.5, 0.6) is 11.5 Å². The summed E-state index contributed by atoms with van der Waals surface area (Å²) in [4.78, 5) is 29.1. The number of rotatable bonds is 14. The number of halogens is 1. The van der Waals surface area contributed by atoms with Crippen molar-refractivity contribution in [1.29, 1.82) is 0 Å². The Morgan fingerprint density at radius 1 is 0.844 bits per heavy atom. The first-order valence-electron chi connectivity index (χ1n) is 14.3. The molecule has 0 heterocycles. The van der Waals surface area contributed by atoms with Crippen LogP contribution < -0.4 is 19.1 Å². The number of nitrogens with zero attached hydrogens (tertiary/aromatic N) is 2. The molecule has 1 atom stereocenters. The zero-order chi connectivity index (χ0) is 32.4. The fraction of sp³-hybridized carbons (Fsp3) is 0.235. The average molecular weight is 634 g/mol. The number of para-hydroxylation sites is 2. The Morgan fingerprint density at radius 3 is 2.13 bits per heavy atom. The number of methoxy groups -OCH3 is 2. The van der Waals surface area contributed by atoms with Crippen LogP contribution in [-0.2, 0) is 32.6 Å². The van der Waals surface area contributed by atoms with Gasteiger partial charge in [0.2, 0.25) is 11.8 Å². The van der Waals surface area contributed by atoms with E-state index in [0.717, 1.165) is 9.87 Å². The van der Waals surface area contributed by atoms with Crippen LogP contribution in [0.2, 0.25) is 0 Å². The Bertz CT molecular complexity index is 1700. The Kier molecular flexibility index (Phi) is 11.2. The summed E-state index contributed by atoms with van der Waals surface area (Å²) >= 11 is 0. The summed E-state index contributed by atoms with van der Waals surface area (Å²) < 4.78 is 55.0. The van der Waals surface area contributed by atoms with Gasteiger partial charge in [0.25, 0.3) is 10.0 Å². The van der Waals surface area contributed by atoms with E-state index in [0.29, 0.717) is 12.3 Å². The van der Waals surface area contributed by atoms with Gasteiger partial charge in [0.15, 0.2) is 0 Å². The molecule has 0 bridgehead atoms. The molecule has 0 fully saturated rings. The molecular weight excluding hydrogens is 597 g/mol. The normalized spacial score (nSPS) is 11.7. The van der Waals surface area contributed by atoms with Crippen LogP contribution in [0, 0.1) is 5.82 Å². The van der Waals surface area contributed by atoms with Crippen molar-refractivity contribution in [2.24, 2.45) is 0 Å². The van der Waals surface area contributed by atoms with Gasteiger partial charge in [-0.25, -0.2) is 12.8 Å². The smallest absolute Gasteiger partial charge is 0.264 e. The van der Waals surface area contributed by atoms with Crippen LogP contribution in [0.15, 0.2) is 108 Å². The lowest BCUT2D eigenvalue weighted by Gasteiger charge is -2.34. The molecule has 4 rings (SSSR count). The number of anilines is 1. The second kappa shape index (κ2) is 15.2. The van der Waals surface area contributed by atoms with Gasteiger partial charge in [0, 0.05) is 25.1 Å². The summed E-state index contributed by atoms with van der Waals surface area (Å²) in [6.07, 6.45) is 0.118. The van der Waals surface area contributed by atoms with Crippen molar-refractivity contribution in [1.82, 2.24) is 10.2 Å². The maximum atomic E-state index is 15.0. The fourth-order valence-electron chi connectivity index (χ4n) is 4.88. The van der Waals surface area contributed by atoms with Crippen molar-refractivity contribution < 1.29 is 31.9 Å². The Labute approximate surface area is 263 Å². The lowest BCUT2D eigenvalue weighted by Crippen LogP contribution is -2.53. The molecule has 0 spiro atoms. The number of carbonyl (C=O) groups is 2. The highest BCUT2D eigenvalue weighted by Gasteiger charge is 2.35. The van der Waals surface area contributed by atoms with E-state index in [2.05, 4.69) is 5.32 Å². The summed E-state index contributed by atoms with van der Waals surface area (Å²) in [5.41, 5.74) is 1.07. The topological polar surface area (TPSA) is 105 Å². The molecule has 9 nitrogen and oxygen atoms in total. The van der Waals surface area contributed by atoms with E-state index in [4.69, 9.17) is 9.47 Å². The van der Waals surface area contributed by atoms with E-state index in [1.807, 2.05) is 30.3 Å². The molecule has 1 N–H and O–H groups in total. The lowest BCUT2D eigenvalue weighted by molar-refractivity contribution is -0.140. The Morgan fingerprint density at radius 2 is 1.49 bits per heavy atom. The summed E-state index contributed by atoms with van der Waals surface area (Å²) in [5.74, 6) is -1.05. The van der Waals surface area contributed by atoms with Crippen LogP contribution in [0.25, 0.3) is 0 Å². The van der Waals surface area contributed by atoms with Crippen LogP contribution in [-0.4, -0.2) is 58.5 Å². The van der Waals surface area contributed by atoms with Crippen LogP contribution in [0.3, 0.4) is 0 Å². The molecule has 0 aliphatic heterocycles. The zero-order valence-electron chi connectivity index (χ0n) is 25.4. The molecule has 0 radical (unpaired) electrons. The van der Waals surface area contributed by atoms with Crippen molar-refractivity contribution in [3.05, 3.63) is 120 Å². The molecule has 0 saturated carbocycles. The van der Waals surface area contributed by atoms with E-state index in [1.54, 1.807) is 31.2 Å². The van der Waals surface area contributed by atoms with Crippen LogP contribution in [0.4, 0.5) is 10.1 Å². The molecule has 0 aliphatic rings. The van der Waals surface area contributed by atoms with Crippen molar-refractivity contribution in [2.45, 2.75) is 30.8 Å². The average Bonchev–Trinajstić information content (AvgIpc) is 3.06. The maximum absolute atomic E-state index is 15.0. The predicted octanol–water partition coefficient (Wildman–Crippen LogP) is 4.81. The van der Waals surface area contributed by atoms with Gasteiger partial charge in [-0.05, 0) is 55.0 Å². The quantitative estimate of drug-likeness (QED) is 0.214. The molecular formula is C34H36FN3O6S. The Balaban J connectivity index is 1.83. The minimum Gasteiger partial charge on any atom is -0.497 e. The van der Waals surface area contributed by atoms with E-state index in [9.17, 15) is 22.4 Å². The van der Waals surface area contributed by atoms with E-state index < -0.39 is 40.2 Å². The van der Waals surface area contributed by atoms with Gasteiger partial charge < -0.3 is 19.7 Å². The number of likely N-dealkylation sites (N-methyl/N-ethyl adjacent to an activating group) is 1. The molecule has 45 heavy (non-hydrogen) atoms. The third-order valence-corrected chi connectivity index (χ3v) is 8.97. The second-order valence-electron chi connectivity index (χ2n) is 10.1. The van der Waals surface area contributed by atoms with Gasteiger partial charge >= 0.3 is 0 Å². The van der Waals surface area contributed by atoms with E-state index >= 15 is 0 Å². The molecule has 0 unspecified atom stereocenters. The van der Waals surface area contributed by atoms with Crippen molar-refractivity contribution in [3.8, 4) is 11.5 Å². The minimum absolute atomic E-state index is 0.0905. The highest BCUT2D eigenvalue weighted by Crippen LogP contribution is 2.33. The van der Waals surface area contributed by atoms with Crippen LogP contribution >= 0.6 is 0 Å². The first kappa shape index (κ1) is 33.0. The summed E-state index contributed by atoms with van der Waals surface area (Å²) in [6, 6.07) is 26.2. The predicted molar refractivity (Wildman–Crippen MR) is 170 cm³/mol. The van der Waals surface area contributed by atoms with Gasteiger partial charge in [0.05, 0.1) is 24.8 Å². The number of ether oxygens (including phenoxy) is 2. The van der Waals surface area contributed by atoms with Gasteiger partial charge in [-0.1, -0.05) is 60.7 Å². The molecule has 2 amide bonds. The highest BCUT2D eigenvalue weighted by molar-refractivity contribution is 7.92. The molecule has 236 valence electrons. The molecule has 0 aliphatic carbocycles. The zero-order valence-corrected chi connectivity index (χ0v) is 26.2. The molecule has 4 aromatic carbocycles. The molecule has 0 aromatic heterocycles. The third kappa shape index (κ3) is 7.98. The van der Waals surface area contributed by atoms with Gasteiger partial charge in [0.1, 0.15) is 29.9 Å². The summed E-state index contributed by atoms with van der Waals surface area (Å²) in [6.45, 7) is 1.08. The highest BCUT2D eigenvalue weighted by atomic mass is 32.2. The van der Waals surface area contributed by atoms with Gasteiger partial charge in [-0.2, -0.15) is 0 Å². The number of benzene rings is 4. The number of carbonyl (C=O) groups excluding carboxylic acids is 2. The third-order valence-electron chi connectivity index (χ3n) is 7.20. The van der Waals surface area contributed by atoms with E-state index in [-0.39, 0.29) is 34.9 Å². The number of sulfonamides is 1. The molecule has 0 saturated heterocycles. The molecule has 4 aromatic rings. The van der Waals surface area contributed by atoms with Crippen molar-refractivity contribution in [2.75, 3.05) is 31.6 Å². The number of hydrogen-bond donors (Lipinski definition) is 1. The standard InChI is InChI=1S/C34H36FN3O6S/c1-4-36-34(40)31(22-25-12-6-5-7-13-25)37(23-26-14-8-9-15-29(26)35)33(39)24-38(30-16-10-11-17-32(30)44-3)45(41,42)28-20-18-27(43-2)19-21-28/h5-21,31H,4,22-24H2,1-3H3,(H,36,40)/t31-/m1/s1. The number of amides is 2. The lowest BCUT2D eigenvalue weighted by atomic mass is 10.0. The van der Waals surface area contributed by atoms with Crippen molar-refractivity contribution >= 4 is 27.5 Å². The SMILES string of the molecule is CCNC(=O)[C@@H](Cc1ccccc1)N(Cc1ccccc1F)C(=O)CN(c1ccccc1OC)S(=O)(=O)c1ccc(OC)cc1. The summed E-state index contributed by atoms with van der Waals surface area (Å²) in [7, 11) is -1.50. The monoisotopic (exact) mass is 633 g/mol. The fourth-order valence-corrected chi connectivity index (χ4v) is 6.30. The second-order valence-corrected chi connectivity index (χ2v) is 11.9.